The average Bonchev–Trinajstić information content (AvgIpc) is 3.36. The Kier molecular flexibility index (Phi) is 17.4. The Bertz CT molecular complexity index is 724. The number of unbranched alkanes of at least 4 members (excludes halogenated alkanes) is 11. The number of nitrogens with zero attached hydrogens (tertiary/aromatic N) is 1. The highest BCUT2D eigenvalue weighted by Crippen LogP contribution is 2.18. The number of carboxylic acid groups (broad SMARTS) is 1. The van der Waals surface area contributed by atoms with Crippen molar-refractivity contribution in [2.45, 2.75) is 142 Å². The van der Waals surface area contributed by atoms with Gasteiger partial charge in [0.1, 0.15) is 18.1 Å². The molecule has 1 aliphatic rings. The molecular weight excluding hydrogens is 470 g/mol. The number of aliphatic carboxylic acids is 1. The maximum absolute atomic E-state index is 12.6. The van der Waals surface area contributed by atoms with Gasteiger partial charge in [0.2, 0.25) is 17.7 Å². The lowest BCUT2D eigenvalue weighted by Gasteiger charge is -2.26. The molecule has 0 bridgehead atoms. The summed E-state index contributed by atoms with van der Waals surface area (Å²) in [5.74, 6) is -2.07. The molecule has 0 spiro atoms. The van der Waals surface area contributed by atoms with Crippen LogP contribution in [0.15, 0.2) is 12.2 Å². The first-order valence-corrected chi connectivity index (χ1v) is 14.6. The summed E-state index contributed by atoms with van der Waals surface area (Å²) in [6.07, 6.45) is 21.6. The number of carbonyl (C=O) groups is 4. The highest BCUT2D eigenvalue weighted by molar-refractivity contribution is 5.93. The fourth-order valence-electron chi connectivity index (χ4n) is 4.67. The van der Waals surface area contributed by atoms with E-state index >= 15 is 0 Å². The van der Waals surface area contributed by atoms with E-state index in [9.17, 15) is 24.3 Å². The van der Waals surface area contributed by atoms with Crippen LogP contribution in [0.25, 0.3) is 0 Å². The van der Waals surface area contributed by atoms with Crippen LogP contribution < -0.4 is 10.6 Å². The van der Waals surface area contributed by atoms with E-state index in [4.69, 9.17) is 0 Å². The molecule has 3 N–H and O–H groups in total. The van der Waals surface area contributed by atoms with Gasteiger partial charge in [0.05, 0.1) is 0 Å². The Labute approximate surface area is 224 Å². The van der Waals surface area contributed by atoms with E-state index in [-0.39, 0.29) is 5.91 Å². The van der Waals surface area contributed by atoms with E-state index in [1.807, 2.05) is 0 Å². The van der Waals surface area contributed by atoms with Crippen molar-refractivity contribution < 1.29 is 24.3 Å². The molecule has 8 nitrogen and oxygen atoms in total. The molecule has 0 aromatic heterocycles. The largest absolute Gasteiger partial charge is 0.480 e. The first kappa shape index (κ1) is 32.6. The van der Waals surface area contributed by atoms with Crippen molar-refractivity contribution in [3.8, 4) is 0 Å². The molecule has 1 fully saturated rings. The molecule has 3 amide bonds. The molecule has 0 aromatic carbocycles. The maximum atomic E-state index is 12.6. The summed E-state index contributed by atoms with van der Waals surface area (Å²) in [5.41, 5.74) is 0. The predicted octanol–water partition coefficient (Wildman–Crippen LogP) is 5.11. The molecule has 0 aromatic rings. The first-order chi connectivity index (χ1) is 17.8. The summed E-state index contributed by atoms with van der Waals surface area (Å²) in [7, 11) is 0. The molecule has 1 rings (SSSR count). The van der Waals surface area contributed by atoms with E-state index in [0.717, 1.165) is 32.1 Å². The van der Waals surface area contributed by atoms with E-state index in [1.54, 1.807) is 6.92 Å². The van der Waals surface area contributed by atoms with Gasteiger partial charge < -0.3 is 20.6 Å². The molecule has 3 unspecified atom stereocenters. The van der Waals surface area contributed by atoms with E-state index in [1.165, 1.54) is 63.2 Å². The van der Waals surface area contributed by atoms with E-state index in [2.05, 4.69) is 29.7 Å². The number of allylic oxidation sites excluding steroid dienone is 2. The Hall–Kier alpha value is -2.38. The number of hydrogen-bond donors (Lipinski definition) is 3. The fourth-order valence-corrected chi connectivity index (χ4v) is 4.67. The lowest BCUT2D eigenvalue weighted by Crippen LogP contribution is -2.54. The van der Waals surface area contributed by atoms with Crippen LogP contribution in [0.3, 0.4) is 0 Å². The van der Waals surface area contributed by atoms with Crippen molar-refractivity contribution in [2.75, 3.05) is 6.54 Å². The minimum Gasteiger partial charge on any atom is -0.480 e. The second-order valence-corrected chi connectivity index (χ2v) is 10.4. The second-order valence-electron chi connectivity index (χ2n) is 10.4. The van der Waals surface area contributed by atoms with Crippen LogP contribution in [0.5, 0.6) is 0 Å². The van der Waals surface area contributed by atoms with E-state index in [0.29, 0.717) is 25.8 Å². The van der Waals surface area contributed by atoms with Crippen molar-refractivity contribution in [2.24, 2.45) is 0 Å². The number of nitrogens with one attached hydrogen (secondary N) is 2. The standard InChI is InChI=1S/C29H51N3O5/c1-4-5-6-7-8-9-10-11-12-13-14-15-16-17-18-21-26(33)30-23(2)27(34)31-24(3)28(35)32-22-19-20-25(32)29(36)37/h11-12,23-25H,4-10,13-22H2,1-3H3,(H,30,33)(H,31,34)(H,36,37)/b12-11-. The maximum Gasteiger partial charge on any atom is 0.326 e. The zero-order chi connectivity index (χ0) is 27.5. The van der Waals surface area contributed by atoms with Crippen LogP contribution in [-0.4, -0.2) is 58.4 Å². The highest BCUT2D eigenvalue weighted by Gasteiger charge is 2.36. The number of carbonyl (C=O) groups excluding carboxylic acids is 3. The number of hydrogen-bond acceptors (Lipinski definition) is 4. The monoisotopic (exact) mass is 521 g/mol. The summed E-state index contributed by atoms with van der Waals surface area (Å²) < 4.78 is 0. The smallest absolute Gasteiger partial charge is 0.326 e. The fraction of sp³-hybridized carbons (Fsp3) is 0.793. The number of amides is 3. The Morgan fingerprint density at radius 2 is 1.41 bits per heavy atom. The molecule has 3 atom stereocenters. The van der Waals surface area contributed by atoms with Gasteiger partial charge in [0.25, 0.3) is 0 Å². The second kappa shape index (κ2) is 19.7. The number of carboxylic acids is 1. The molecule has 0 saturated carbocycles. The Balaban J connectivity index is 2.08. The zero-order valence-electron chi connectivity index (χ0n) is 23.4. The molecule has 1 saturated heterocycles. The topological polar surface area (TPSA) is 116 Å². The summed E-state index contributed by atoms with van der Waals surface area (Å²) in [6.45, 7) is 5.74. The molecule has 212 valence electrons. The van der Waals surface area contributed by atoms with Crippen LogP contribution in [-0.2, 0) is 19.2 Å². The summed E-state index contributed by atoms with van der Waals surface area (Å²) >= 11 is 0. The lowest BCUT2D eigenvalue weighted by molar-refractivity contribution is -0.149. The lowest BCUT2D eigenvalue weighted by atomic mass is 10.1. The van der Waals surface area contributed by atoms with Crippen LogP contribution >= 0.6 is 0 Å². The zero-order valence-corrected chi connectivity index (χ0v) is 23.4. The quantitative estimate of drug-likeness (QED) is 0.152. The molecule has 8 heteroatoms. The van der Waals surface area contributed by atoms with Gasteiger partial charge >= 0.3 is 5.97 Å². The third-order valence-corrected chi connectivity index (χ3v) is 6.99. The SMILES string of the molecule is CCCCCCCC/C=C\CCCCCCCC(=O)NC(C)C(=O)NC(C)C(=O)N1CCCC1C(=O)O. The first-order valence-electron chi connectivity index (χ1n) is 14.6. The summed E-state index contributed by atoms with van der Waals surface area (Å²) in [4.78, 5) is 49.8. The number of likely N-dealkylation sites (tertiary alicyclic amines) is 1. The van der Waals surface area contributed by atoms with Crippen LogP contribution in [0.4, 0.5) is 0 Å². The Morgan fingerprint density at radius 1 is 0.838 bits per heavy atom. The van der Waals surface area contributed by atoms with Gasteiger partial charge in [-0.1, -0.05) is 70.4 Å². The van der Waals surface area contributed by atoms with Gasteiger partial charge in [0.15, 0.2) is 0 Å². The van der Waals surface area contributed by atoms with Crippen LogP contribution in [0.1, 0.15) is 124 Å². The highest BCUT2D eigenvalue weighted by atomic mass is 16.4. The molecule has 1 aliphatic heterocycles. The minimum absolute atomic E-state index is 0.176. The molecule has 0 radical (unpaired) electrons. The number of rotatable bonds is 20. The van der Waals surface area contributed by atoms with Crippen LogP contribution in [0.2, 0.25) is 0 Å². The van der Waals surface area contributed by atoms with Gasteiger partial charge in [-0.25, -0.2) is 4.79 Å². The average molecular weight is 522 g/mol. The van der Waals surface area contributed by atoms with Crippen molar-refractivity contribution in [3.05, 3.63) is 12.2 Å². The summed E-state index contributed by atoms with van der Waals surface area (Å²) in [6, 6.07) is -2.45. The van der Waals surface area contributed by atoms with Crippen LogP contribution in [0, 0.1) is 0 Å². The van der Waals surface area contributed by atoms with Crippen molar-refractivity contribution in [1.29, 1.82) is 0 Å². The van der Waals surface area contributed by atoms with Gasteiger partial charge in [0, 0.05) is 13.0 Å². The van der Waals surface area contributed by atoms with Crippen molar-refractivity contribution in [3.63, 3.8) is 0 Å². The van der Waals surface area contributed by atoms with Gasteiger partial charge in [-0.15, -0.1) is 0 Å². The third kappa shape index (κ3) is 14.2. The molecule has 0 aliphatic carbocycles. The van der Waals surface area contributed by atoms with E-state index < -0.39 is 35.9 Å². The van der Waals surface area contributed by atoms with Gasteiger partial charge in [-0.05, 0) is 58.8 Å². The normalized spacial score (nSPS) is 17.1. The summed E-state index contributed by atoms with van der Waals surface area (Å²) in [5, 5.41) is 14.5. The Morgan fingerprint density at radius 3 is 2.00 bits per heavy atom. The third-order valence-electron chi connectivity index (χ3n) is 6.99. The molecular formula is C29H51N3O5. The molecule has 37 heavy (non-hydrogen) atoms. The minimum atomic E-state index is -1.03. The predicted molar refractivity (Wildman–Crippen MR) is 147 cm³/mol. The molecule has 1 heterocycles. The van der Waals surface area contributed by atoms with Gasteiger partial charge in [-0.2, -0.15) is 0 Å². The van der Waals surface area contributed by atoms with Crippen molar-refractivity contribution in [1.82, 2.24) is 15.5 Å². The van der Waals surface area contributed by atoms with Gasteiger partial charge in [-0.3, -0.25) is 14.4 Å². The van der Waals surface area contributed by atoms with Crippen molar-refractivity contribution >= 4 is 23.7 Å².